The van der Waals surface area contributed by atoms with Gasteiger partial charge in [-0.1, -0.05) is 0 Å². The summed E-state index contributed by atoms with van der Waals surface area (Å²) in [6, 6.07) is 1.87. The molecule has 1 aromatic rings. The third-order valence-electron chi connectivity index (χ3n) is 11.8. The molecule has 0 radical (unpaired) electrons. The number of carboxylic acids is 2. The van der Waals surface area contributed by atoms with E-state index in [0.717, 1.165) is 24.8 Å². The number of pyridine rings is 1. The Hall–Kier alpha value is -3.95. The fourth-order valence-corrected chi connectivity index (χ4v) is 9.56. The van der Waals surface area contributed by atoms with E-state index in [9.17, 15) is 25.1 Å². The highest BCUT2D eigenvalue weighted by molar-refractivity contribution is 6.00. The van der Waals surface area contributed by atoms with Crippen molar-refractivity contribution in [2.75, 3.05) is 42.5 Å². The molecule has 5 N–H and O–H groups in total. The number of anilines is 2. The third kappa shape index (κ3) is 4.46. The molecule has 45 heavy (non-hydrogen) atoms. The van der Waals surface area contributed by atoms with Crippen LogP contribution in [-0.4, -0.2) is 76.5 Å². The Kier molecular flexibility index (Phi) is 6.80. The van der Waals surface area contributed by atoms with Crippen LogP contribution in [0.15, 0.2) is 11.4 Å². The minimum absolute atomic E-state index is 0.00274. The van der Waals surface area contributed by atoms with Crippen molar-refractivity contribution >= 4 is 29.3 Å². The van der Waals surface area contributed by atoms with E-state index in [1.807, 2.05) is 16.7 Å². The van der Waals surface area contributed by atoms with Gasteiger partial charge in [-0.2, -0.15) is 5.26 Å². The van der Waals surface area contributed by atoms with Crippen LogP contribution in [0.2, 0.25) is 0 Å². The first-order valence-electron chi connectivity index (χ1n) is 16.0. The van der Waals surface area contributed by atoms with Crippen molar-refractivity contribution in [1.29, 1.82) is 10.7 Å². The molecule has 8 rings (SSSR count). The second kappa shape index (κ2) is 10.3. The third-order valence-corrected chi connectivity index (χ3v) is 11.8. The number of carbonyl (C=O) groups is 2. The van der Waals surface area contributed by atoms with E-state index >= 15 is 8.78 Å². The largest absolute Gasteiger partial charge is 0.481 e. The number of aliphatic carboxylic acids is 2. The summed E-state index contributed by atoms with van der Waals surface area (Å²) in [5.41, 5.74) is 7.78. The Morgan fingerprint density at radius 2 is 1.84 bits per heavy atom. The molecule has 0 spiro atoms. The molecule has 6 fully saturated rings. The van der Waals surface area contributed by atoms with Crippen LogP contribution >= 0.6 is 0 Å². The van der Waals surface area contributed by atoms with Gasteiger partial charge < -0.3 is 36.1 Å². The van der Waals surface area contributed by atoms with Gasteiger partial charge in [0, 0.05) is 85.9 Å². The number of rotatable bonds is 8. The number of nitrogens with two attached hydrogens (primary N) is 1. The second-order valence-electron chi connectivity index (χ2n) is 14.2. The van der Waals surface area contributed by atoms with E-state index in [1.165, 1.54) is 0 Å². The SMILES string of the molecule is CC1C(C23CC(CN(/C(N)=C4\CCCC4=N)C2)C3CC(=O)O)CN1c1nc(N2CC(CC(=O)O)C2)c2c(c1C#N)C(F)(F)CC2. The topological polar surface area (TPSA) is 171 Å². The van der Waals surface area contributed by atoms with E-state index in [0.29, 0.717) is 62.1 Å². The van der Waals surface area contributed by atoms with Crippen molar-refractivity contribution in [3.8, 4) is 6.07 Å². The molecule has 4 aliphatic heterocycles. The molecule has 1 aromatic heterocycles. The zero-order valence-electron chi connectivity index (χ0n) is 25.4. The van der Waals surface area contributed by atoms with Crippen LogP contribution in [0.3, 0.4) is 0 Å². The Morgan fingerprint density at radius 3 is 2.47 bits per heavy atom. The van der Waals surface area contributed by atoms with Crippen molar-refractivity contribution in [2.45, 2.75) is 70.3 Å². The molecule has 7 aliphatic rings. The minimum Gasteiger partial charge on any atom is -0.481 e. The molecule has 5 atom stereocenters. The van der Waals surface area contributed by atoms with Crippen molar-refractivity contribution in [2.24, 2.45) is 34.8 Å². The number of fused-ring (bicyclic) bond motifs is 3. The monoisotopic (exact) mass is 623 g/mol. The van der Waals surface area contributed by atoms with Crippen LogP contribution in [0.5, 0.6) is 0 Å². The fraction of sp³-hybridized carbons (Fsp3) is 0.656. The van der Waals surface area contributed by atoms with E-state index in [-0.39, 0.29) is 71.3 Å². The molecule has 4 saturated heterocycles. The number of piperidine rings is 2. The number of halogens is 2. The average Bonchev–Trinajstić information content (AvgIpc) is 3.53. The van der Waals surface area contributed by atoms with Crippen molar-refractivity contribution < 1.29 is 28.6 Å². The lowest BCUT2D eigenvalue weighted by Crippen LogP contribution is -2.74. The number of allylic oxidation sites excluding steroid dienone is 1. The Bertz CT molecular complexity index is 1570. The van der Waals surface area contributed by atoms with Gasteiger partial charge >= 0.3 is 11.9 Å². The summed E-state index contributed by atoms with van der Waals surface area (Å²) in [6.07, 6.45) is 3.00. The lowest BCUT2D eigenvalue weighted by Gasteiger charge is -2.70. The summed E-state index contributed by atoms with van der Waals surface area (Å²) in [7, 11) is 0. The molecule has 240 valence electrons. The van der Waals surface area contributed by atoms with Crippen molar-refractivity contribution in [3.63, 3.8) is 0 Å². The number of nitriles is 1. The first-order valence-corrected chi connectivity index (χ1v) is 16.0. The molecule has 5 unspecified atom stereocenters. The van der Waals surface area contributed by atoms with Gasteiger partial charge in [0.05, 0.1) is 6.42 Å². The average molecular weight is 624 g/mol. The van der Waals surface area contributed by atoms with Crippen LogP contribution in [0.1, 0.15) is 68.6 Å². The number of nitrogens with zero attached hydrogens (tertiary/aromatic N) is 5. The fourth-order valence-electron chi connectivity index (χ4n) is 9.56. The predicted molar refractivity (Wildman–Crippen MR) is 160 cm³/mol. The molecule has 13 heteroatoms. The second-order valence-corrected chi connectivity index (χ2v) is 14.2. The van der Waals surface area contributed by atoms with E-state index in [4.69, 9.17) is 16.1 Å². The van der Waals surface area contributed by atoms with Crippen LogP contribution in [0.4, 0.5) is 20.4 Å². The summed E-state index contributed by atoms with van der Waals surface area (Å²) >= 11 is 0. The number of nitrogens with one attached hydrogen (secondary N) is 1. The standard InChI is InChI=1S/C32H39F2N7O4/c1-16-23(31-9-18(22(31)8-26(44)45)13-40(15-31)28(37)19-3-2-4-24(19)36)14-41(16)30-21(10-35)27-20(5-6-32(27,33)34)29(38-30)39-11-17(12-39)7-25(42)43/h16-18,22-23,36H,2-9,11-15,37H2,1H3,(H,42,43)(H,44,45)/b28-19+,36-24?. The Labute approximate surface area is 260 Å². The first kappa shape index (κ1) is 29.7. The summed E-state index contributed by atoms with van der Waals surface area (Å²) < 4.78 is 30.7. The smallest absolute Gasteiger partial charge is 0.303 e. The normalized spacial score (nSPS) is 32.8. The number of alkyl halides is 2. The van der Waals surface area contributed by atoms with Crippen molar-refractivity contribution in [1.82, 2.24) is 9.88 Å². The van der Waals surface area contributed by atoms with Gasteiger partial charge in [-0.25, -0.2) is 13.8 Å². The molecule has 0 amide bonds. The molecule has 5 heterocycles. The lowest BCUT2D eigenvalue weighted by atomic mass is 9.43. The molecular formula is C32H39F2N7O4. The van der Waals surface area contributed by atoms with Crippen molar-refractivity contribution in [3.05, 3.63) is 28.1 Å². The molecule has 0 aromatic carbocycles. The number of carboxylic acid groups (broad SMARTS) is 2. The van der Waals surface area contributed by atoms with Gasteiger partial charge in [-0.3, -0.25) is 9.59 Å². The van der Waals surface area contributed by atoms with E-state index in [2.05, 4.69) is 11.0 Å². The zero-order valence-corrected chi connectivity index (χ0v) is 25.4. The molecular weight excluding hydrogens is 584 g/mol. The maximum atomic E-state index is 15.4. The summed E-state index contributed by atoms with van der Waals surface area (Å²) in [5.74, 6) is -3.57. The highest BCUT2D eigenvalue weighted by Crippen LogP contribution is 2.64. The lowest BCUT2D eigenvalue weighted by molar-refractivity contribution is -0.182. The maximum Gasteiger partial charge on any atom is 0.303 e. The van der Waals surface area contributed by atoms with Gasteiger partial charge in [-0.05, 0) is 56.3 Å². The van der Waals surface area contributed by atoms with Gasteiger partial charge in [0.25, 0.3) is 5.92 Å². The first-order chi connectivity index (χ1) is 21.3. The predicted octanol–water partition coefficient (Wildman–Crippen LogP) is 3.51. The van der Waals surface area contributed by atoms with E-state index in [1.54, 1.807) is 0 Å². The maximum absolute atomic E-state index is 15.4. The van der Waals surface area contributed by atoms with Gasteiger partial charge in [0.2, 0.25) is 0 Å². The number of hydrogen-bond acceptors (Lipinski definition) is 9. The van der Waals surface area contributed by atoms with Gasteiger partial charge in [0.1, 0.15) is 29.1 Å². The Balaban J connectivity index is 1.20. The van der Waals surface area contributed by atoms with Crippen LogP contribution in [-0.2, 0) is 21.9 Å². The zero-order chi connectivity index (χ0) is 32.0. The highest BCUT2D eigenvalue weighted by Gasteiger charge is 2.66. The summed E-state index contributed by atoms with van der Waals surface area (Å²) in [6.45, 7) is 4.52. The Morgan fingerprint density at radius 1 is 1.11 bits per heavy atom. The molecule has 3 aliphatic carbocycles. The molecule has 2 bridgehead atoms. The van der Waals surface area contributed by atoms with Gasteiger partial charge in [0.15, 0.2) is 0 Å². The van der Waals surface area contributed by atoms with Crippen LogP contribution < -0.4 is 15.5 Å². The minimum atomic E-state index is -3.17. The van der Waals surface area contributed by atoms with Crippen LogP contribution in [0, 0.1) is 45.8 Å². The van der Waals surface area contributed by atoms with E-state index < -0.39 is 24.3 Å². The number of aromatic nitrogens is 1. The quantitative estimate of drug-likeness (QED) is 0.336. The van der Waals surface area contributed by atoms with Gasteiger partial charge in [-0.15, -0.1) is 0 Å². The number of hydrogen-bond donors (Lipinski definition) is 4. The summed E-state index contributed by atoms with van der Waals surface area (Å²) in [5, 5.41) is 37.6. The molecule has 2 saturated carbocycles. The highest BCUT2D eigenvalue weighted by atomic mass is 19.3. The molecule has 11 nitrogen and oxygen atoms in total. The summed E-state index contributed by atoms with van der Waals surface area (Å²) in [4.78, 5) is 34.0. The van der Waals surface area contributed by atoms with Crippen LogP contribution in [0.25, 0.3) is 0 Å².